The number of carboxylic acids is 1. The largest absolute Gasteiger partial charge is 0.481 e. The molecule has 2 atom stereocenters. The number of hydrogen-bond donors (Lipinski definition) is 1. The Morgan fingerprint density at radius 3 is 2.47 bits per heavy atom. The summed E-state index contributed by atoms with van der Waals surface area (Å²) >= 11 is 0. The van der Waals surface area contributed by atoms with Gasteiger partial charge in [0.05, 0.1) is 5.41 Å². The lowest BCUT2D eigenvalue weighted by Gasteiger charge is -2.44. The fraction of sp³-hybridized carbons (Fsp3) is 0.929. The molecule has 0 aromatic rings. The Balaban J connectivity index is 2.07. The summed E-state index contributed by atoms with van der Waals surface area (Å²) in [5.41, 5.74) is -0.171. The summed E-state index contributed by atoms with van der Waals surface area (Å²) < 4.78 is 0. The van der Waals surface area contributed by atoms with Gasteiger partial charge in [0.15, 0.2) is 0 Å². The van der Waals surface area contributed by atoms with Crippen LogP contribution >= 0.6 is 0 Å². The molecule has 1 saturated heterocycles. The van der Waals surface area contributed by atoms with E-state index in [1.54, 1.807) is 0 Å². The average molecular weight is 239 g/mol. The van der Waals surface area contributed by atoms with Crippen molar-refractivity contribution in [2.75, 3.05) is 13.1 Å². The molecule has 1 aliphatic carbocycles. The Bertz CT molecular complexity index is 313. The van der Waals surface area contributed by atoms with E-state index >= 15 is 0 Å². The van der Waals surface area contributed by atoms with Gasteiger partial charge in [-0.15, -0.1) is 0 Å². The molecule has 2 unspecified atom stereocenters. The van der Waals surface area contributed by atoms with Gasteiger partial charge in [0.2, 0.25) is 0 Å². The Morgan fingerprint density at radius 1 is 1.24 bits per heavy atom. The van der Waals surface area contributed by atoms with Crippen molar-refractivity contribution in [1.29, 1.82) is 0 Å². The lowest BCUT2D eigenvalue weighted by Crippen LogP contribution is -2.47. The highest BCUT2D eigenvalue weighted by molar-refractivity contribution is 5.74. The molecular weight excluding hydrogens is 214 g/mol. The molecule has 0 spiro atoms. The summed E-state index contributed by atoms with van der Waals surface area (Å²) in [7, 11) is 0. The summed E-state index contributed by atoms with van der Waals surface area (Å²) in [6, 6.07) is 0.581. The van der Waals surface area contributed by atoms with Crippen molar-refractivity contribution in [1.82, 2.24) is 4.90 Å². The molecule has 0 radical (unpaired) electrons. The molecule has 1 aliphatic heterocycles. The third-order valence-corrected chi connectivity index (χ3v) is 4.91. The highest BCUT2D eigenvalue weighted by atomic mass is 16.4. The maximum absolute atomic E-state index is 11.3. The van der Waals surface area contributed by atoms with E-state index in [1.165, 1.54) is 25.7 Å². The molecule has 3 heteroatoms. The molecule has 98 valence electrons. The van der Waals surface area contributed by atoms with E-state index in [-0.39, 0.29) is 0 Å². The van der Waals surface area contributed by atoms with Crippen LogP contribution in [0.5, 0.6) is 0 Å². The fourth-order valence-corrected chi connectivity index (χ4v) is 3.59. The quantitative estimate of drug-likeness (QED) is 0.805. The minimum atomic E-state index is -0.631. The summed E-state index contributed by atoms with van der Waals surface area (Å²) in [5, 5.41) is 9.29. The SMILES string of the molecule is CC1(C(=O)O)CCN(C2CCCCC2(C)C)C1. The summed E-state index contributed by atoms with van der Waals surface area (Å²) in [6.45, 7) is 8.26. The minimum Gasteiger partial charge on any atom is -0.481 e. The van der Waals surface area contributed by atoms with Crippen molar-refractivity contribution in [3.05, 3.63) is 0 Å². The van der Waals surface area contributed by atoms with E-state index in [9.17, 15) is 9.90 Å². The molecule has 1 saturated carbocycles. The molecule has 0 aromatic heterocycles. The van der Waals surface area contributed by atoms with Gasteiger partial charge in [-0.3, -0.25) is 9.69 Å². The lowest BCUT2D eigenvalue weighted by molar-refractivity contribution is -0.147. The van der Waals surface area contributed by atoms with E-state index in [2.05, 4.69) is 18.7 Å². The van der Waals surface area contributed by atoms with E-state index in [0.717, 1.165) is 19.5 Å². The van der Waals surface area contributed by atoms with Crippen molar-refractivity contribution in [2.24, 2.45) is 10.8 Å². The molecule has 2 aliphatic rings. The Hall–Kier alpha value is -0.570. The van der Waals surface area contributed by atoms with Crippen LogP contribution in [0.15, 0.2) is 0 Å². The smallest absolute Gasteiger partial charge is 0.310 e. The normalized spacial score (nSPS) is 38.2. The first-order valence-electron chi connectivity index (χ1n) is 6.83. The van der Waals surface area contributed by atoms with Crippen LogP contribution in [-0.2, 0) is 4.79 Å². The zero-order valence-electron chi connectivity index (χ0n) is 11.3. The Morgan fingerprint density at radius 2 is 1.94 bits per heavy atom. The van der Waals surface area contributed by atoms with Crippen molar-refractivity contribution in [2.45, 2.75) is 58.9 Å². The lowest BCUT2D eigenvalue weighted by atomic mass is 9.72. The molecule has 1 N–H and O–H groups in total. The topological polar surface area (TPSA) is 40.5 Å². The Labute approximate surface area is 104 Å². The molecule has 1 heterocycles. The highest BCUT2D eigenvalue weighted by Gasteiger charge is 2.46. The van der Waals surface area contributed by atoms with Crippen molar-refractivity contribution < 1.29 is 9.90 Å². The van der Waals surface area contributed by atoms with Gasteiger partial charge in [0.25, 0.3) is 0 Å². The molecule has 2 rings (SSSR count). The van der Waals surface area contributed by atoms with Gasteiger partial charge in [0, 0.05) is 12.6 Å². The standard InChI is InChI=1S/C14H25NO2/c1-13(2)7-5-4-6-11(13)15-9-8-14(3,10-15)12(16)17/h11H,4-10H2,1-3H3,(H,16,17). The predicted octanol–water partition coefficient (Wildman–Crippen LogP) is 2.75. The predicted molar refractivity (Wildman–Crippen MR) is 68.0 cm³/mol. The van der Waals surface area contributed by atoms with Crippen LogP contribution in [0, 0.1) is 10.8 Å². The molecule has 0 bridgehead atoms. The van der Waals surface area contributed by atoms with Crippen molar-refractivity contribution in [3.63, 3.8) is 0 Å². The highest BCUT2D eigenvalue weighted by Crippen LogP contribution is 2.42. The van der Waals surface area contributed by atoms with Crippen molar-refractivity contribution >= 4 is 5.97 Å². The fourth-order valence-electron chi connectivity index (χ4n) is 3.59. The van der Waals surface area contributed by atoms with Gasteiger partial charge < -0.3 is 5.11 Å². The summed E-state index contributed by atoms with van der Waals surface area (Å²) in [4.78, 5) is 13.7. The number of nitrogens with zero attached hydrogens (tertiary/aromatic N) is 1. The van der Waals surface area contributed by atoms with Gasteiger partial charge in [-0.05, 0) is 38.1 Å². The number of rotatable bonds is 2. The van der Waals surface area contributed by atoms with E-state index in [0.29, 0.717) is 11.5 Å². The van der Waals surface area contributed by atoms with Crippen LogP contribution < -0.4 is 0 Å². The zero-order valence-corrected chi connectivity index (χ0v) is 11.3. The monoisotopic (exact) mass is 239 g/mol. The molecule has 3 nitrogen and oxygen atoms in total. The van der Waals surface area contributed by atoms with E-state index in [1.807, 2.05) is 6.92 Å². The Kier molecular flexibility index (Phi) is 3.23. The average Bonchev–Trinajstić information content (AvgIpc) is 2.61. The number of aliphatic carboxylic acids is 1. The molecule has 17 heavy (non-hydrogen) atoms. The number of hydrogen-bond acceptors (Lipinski definition) is 2. The zero-order chi connectivity index (χ0) is 12.7. The molecule has 2 fully saturated rings. The second-order valence-corrected chi connectivity index (χ2v) is 6.84. The van der Waals surface area contributed by atoms with Crippen LogP contribution in [-0.4, -0.2) is 35.1 Å². The van der Waals surface area contributed by atoms with Crippen LogP contribution in [0.1, 0.15) is 52.9 Å². The maximum atomic E-state index is 11.3. The van der Waals surface area contributed by atoms with Gasteiger partial charge >= 0.3 is 5.97 Å². The second kappa shape index (κ2) is 4.27. The van der Waals surface area contributed by atoms with Crippen molar-refractivity contribution in [3.8, 4) is 0 Å². The molecular formula is C14H25NO2. The number of carboxylic acid groups (broad SMARTS) is 1. The van der Waals surface area contributed by atoms with Crippen LogP contribution in [0.2, 0.25) is 0 Å². The third kappa shape index (κ3) is 2.35. The summed E-state index contributed by atoms with van der Waals surface area (Å²) in [6.07, 6.45) is 5.94. The number of likely N-dealkylation sites (tertiary alicyclic amines) is 1. The van der Waals surface area contributed by atoms with Crippen LogP contribution in [0.4, 0.5) is 0 Å². The molecule has 0 aromatic carbocycles. The first kappa shape index (κ1) is 12.9. The van der Waals surface area contributed by atoms with Gasteiger partial charge in [0.1, 0.15) is 0 Å². The first-order chi connectivity index (χ1) is 7.85. The minimum absolute atomic E-state index is 0.349. The van der Waals surface area contributed by atoms with Gasteiger partial charge in [-0.1, -0.05) is 26.7 Å². The third-order valence-electron chi connectivity index (χ3n) is 4.91. The van der Waals surface area contributed by atoms with E-state index < -0.39 is 11.4 Å². The maximum Gasteiger partial charge on any atom is 0.310 e. The van der Waals surface area contributed by atoms with E-state index in [4.69, 9.17) is 0 Å². The van der Waals surface area contributed by atoms with Crippen LogP contribution in [0.3, 0.4) is 0 Å². The summed E-state index contributed by atoms with van der Waals surface area (Å²) in [5.74, 6) is -0.631. The molecule has 0 amide bonds. The van der Waals surface area contributed by atoms with Gasteiger partial charge in [-0.2, -0.15) is 0 Å². The second-order valence-electron chi connectivity index (χ2n) is 6.84. The number of carbonyl (C=O) groups is 1. The first-order valence-corrected chi connectivity index (χ1v) is 6.83. The van der Waals surface area contributed by atoms with Gasteiger partial charge in [-0.25, -0.2) is 0 Å². The van der Waals surface area contributed by atoms with Crippen LogP contribution in [0.25, 0.3) is 0 Å².